The highest BCUT2D eigenvalue weighted by molar-refractivity contribution is 5.36. The molecule has 0 spiro atoms. The molecule has 1 aromatic rings. The van der Waals surface area contributed by atoms with Crippen molar-refractivity contribution in [3.05, 3.63) is 35.4 Å². The van der Waals surface area contributed by atoms with Crippen LogP contribution in [0.1, 0.15) is 37.8 Å². The predicted octanol–water partition coefficient (Wildman–Crippen LogP) is 3.29. The van der Waals surface area contributed by atoms with Gasteiger partial charge in [0.2, 0.25) is 0 Å². The minimum Gasteiger partial charge on any atom is -0.381 e. The molecule has 106 valence electrons. The SMILES string of the molecule is Cc1ccccc1C1(CCOCCC(C)C)CNC1. The molecule has 0 saturated carbocycles. The third-order valence-corrected chi connectivity index (χ3v) is 4.21. The average Bonchev–Trinajstić information content (AvgIpc) is 2.33. The lowest BCUT2D eigenvalue weighted by molar-refractivity contribution is 0.0919. The van der Waals surface area contributed by atoms with E-state index < -0.39 is 0 Å². The first-order chi connectivity index (χ1) is 9.14. The smallest absolute Gasteiger partial charge is 0.0475 e. The van der Waals surface area contributed by atoms with E-state index in [4.69, 9.17) is 4.74 Å². The summed E-state index contributed by atoms with van der Waals surface area (Å²) in [6, 6.07) is 8.78. The second-order valence-electron chi connectivity index (χ2n) is 6.24. The molecule has 0 unspecified atom stereocenters. The summed E-state index contributed by atoms with van der Waals surface area (Å²) in [5, 5.41) is 3.43. The Hall–Kier alpha value is -0.860. The lowest BCUT2D eigenvalue weighted by Gasteiger charge is -2.44. The van der Waals surface area contributed by atoms with Gasteiger partial charge in [0.05, 0.1) is 0 Å². The highest BCUT2D eigenvalue weighted by atomic mass is 16.5. The Morgan fingerprint density at radius 1 is 1.21 bits per heavy atom. The lowest BCUT2D eigenvalue weighted by Crippen LogP contribution is -2.57. The van der Waals surface area contributed by atoms with Gasteiger partial charge in [-0.15, -0.1) is 0 Å². The number of hydrogen-bond acceptors (Lipinski definition) is 2. The minimum atomic E-state index is 0.309. The fourth-order valence-corrected chi connectivity index (χ4v) is 2.79. The molecule has 0 aromatic heterocycles. The maximum absolute atomic E-state index is 5.81. The van der Waals surface area contributed by atoms with Gasteiger partial charge in [-0.3, -0.25) is 0 Å². The highest BCUT2D eigenvalue weighted by Crippen LogP contribution is 2.34. The maximum atomic E-state index is 5.81. The van der Waals surface area contributed by atoms with Crippen LogP contribution in [0.3, 0.4) is 0 Å². The predicted molar refractivity (Wildman–Crippen MR) is 80.6 cm³/mol. The molecule has 0 atom stereocenters. The van der Waals surface area contributed by atoms with Crippen LogP contribution in [-0.4, -0.2) is 26.3 Å². The van der Waals surface area contributed by atoms with Gasteiger partial charge in [-0.2, -0.15) is 0 Å². The zero-order valence-corrected chi connectivity index (χ0v) is 12.5. The summed E-state index contributed by atoms with van der Waals surface area (Å²) in [7, 11) is 0. The monoisotopic (exact) mass is 261 g/mol. The molecule has 0 amide bonds. The van der Waals surface area contributed by atoms with Gasteiger partial charge in [0.15, 0.2) is 0 Å². The van der Waals surface area contributed by atoms with Gasteiger partial charge in [0.1, 0.15) is 0 Å². The Morgan fingerprint density at radius 2 is 1.95 bits per heavy atom. The molecule has 1 fully saturated rings. The van der Waals surface area contributed by atoms with Crippen molar-refractivity contribution in [3.63, 3.8) is 0 Å². The Labute approximate surface area is 117 Å². The van der Waals surface area contributed by atoms with Gasteiger partial charge in [0.25, 0.3) is 0 Å². The number of rotatable bonds is 7. The molecule has 0 bridgehead atoms. The minimum absolute atomic E-state index is 0.309. The van der Waals surface area contributed by atoms with Gasteiger partial charge in [-0.25, -0.2) is 0 Å². The number of nitrogens with one attached hydrogen (secondary N) is 1. The molecule has 19 heavy (non-hydrogen) atoms. The van der Waals surface area contributed by atoms with E-state index in [2.05, 4.69) is 50.4 Å². The van der Waals surface area contributed by atoms with Gasteiger partial charge in [-0.1, -0.05) is 38.1 Å². The number of benzene rings is 1. The van der Waals surface area contributed by atoms with Crippen molar-refractivity contribution in [1.29, 1.82) is 0 Å². The Bertz CT molecular complexity index is 396. The topological polar surface area (TPSA) is 21.3 Å². The fourth-order valence-electron chi connectivity index (χ4n) is 2.79. The average molecular weight is 261 g/mol. The number of ether oxygens (including phenoxy) is 1. The van der Waals surface area contributed by atoms with Crippen molar-refractivity contribution in [2.45, 2.75) is 39.0 Å². The van der Waals surface area contributed by atoms with Crippen molar-refractivity contribution in [3.8, 4) is 0 Å². The van der Waals surface area contributed by atoms with Crippen LogP contribution in [0.5, 0.6) is 0 Å². The van der Waals surface area contributed by atoms with E-state index in [1.807, 2.05) is 0 Å². The van der Waals surface area contributed by atoms with E-state index in [9.17, 15) is 0 Å². The van der Waals surface area contributed by atoms with Gasteiger partial charge in [-0.05, 0) is 36.8 Å². The molecule has 0 aliphatic carbocycles. The maximum Gasteiger partial charge on any atom is 0.0475 e. The number of aryl methyl sites for hydroxylation is 1. The summed E-state index contributed by atoms with van der Waals surface area (Å²) in [6.07, 6.45) is 2.29. The quantitative estimate of drug-likeness (QED) is 0.761. The van der Waals surface area contributed by atoms with Crippen LogP contribution in [-0.2, 0) is 10.2 Å². The molecular formula is C17H27NO. The van der Waals surface area contributed by atoms with Crippen LogP contribution in [0, 0.1) is 12.8 Å². The van der Waals surface area contributed by atoms with Crippen molar-refractivity contribution < 1.29 is 4.74 Å². The zero-order valence-electron chi connectivity index (χ0n) is 12.5. The summed E-state index contributed by atoms with van der Waals surface area (Å²) in [5.41, 5.74) is 3.22. The first kappa shape index (κ1) is 14.5. The molecule has 1 N–H and O–H groups in total. The summed E-state index contributed by atoms with van der Waals surface area (Å²) >= 11 is 0. The van der Waals surface area contributed by atoms with E-state index in [0.29, 0.717) is 5.41 Å². The zero-order chi connectivity index (χ0) is 13.7. The first-order valence-corrected chi connectivity index (χ1v) is 7.49. The molecule has 1 saturated heterocycles. The largest absolute Gasteiger partial charge is 0.381 e. The summed E-state index contributed by atoms with van der Waals surface area (Å²) in [5.74, 6) is 0.732. The molecule has 1 aliphatic rings. The molecule has 1 heterocycles. The summed E-state index contributed by atoms with van der Waals surface area (Å²) in [6.45, 7) is 10.7. The van der Waals surface area contributed by atoms with E-state index in [0.717, 1.165) is 45.1 Å². The Morgan fingerprint density at radius 3 is 2.53 bits per heavy atom. The normalized spacial score (nSPS) is 17.5. The lowest BCUT2D eigenvalue weighted by atomic mass is 9.71. The third-order valence-electron chi connectivity index (χ3n) is 4.21. The van der Waals surface area contributed by atoms with Crippen LogP contribution in [0.15, 0.2) is 24.3 Å². The van der Waals surface area contributed by atoms with E-state index in [-0.39, 0.29) is 0 Å². The highest BCUT2D eigenvalue weighted by Gasteiger charge is 2.38. The van der Waals surface area contributed by atoms with Gasteiger partial charge in [0, 0.05) is 31.7 Å². The fraction of sp³-hybridized carbons (Fsp3) is 0.647. The van der Waals surface area contributed by atoms with E-state index in [1.54, 1.807) is 0 Å². The van der Waals surface area contributed by atoms with Crippen LogP contribution in [0.25, 0.3) is 0 Å². The molecule has 2 heteroatoms. The second kappa shape index (κ2) is 6.53. The van der Waals surface area contributed by atoms with Crippen molar-refractivity contribution in [2.24, 2.45) is 5.92 Å². The van der Waals surface area contributed by atoms with Crippen LogP contribution < -0.4 is 5.32 Å². The van der Waals surface area contributed by atoms with Crippen molar-refractivity contribution >= 4 is 0 Å². The van der Waals surface area contributed by atoms with Crippen molar-refractivity contribution in [2.75, 3.05) is 26.3 Å². The summed E-state index contributed by atoms with van der Waals surface area (Å²) < 4.78 is 5.81. The molecular weight excluding hydrogens is 234 g/mol. The van der Waals surface area contributed by atoms with Crippen LogP contribution >= 0.6 is 0 Å². The molecule has 1 aliphatic heterocycles. The van der Waals surface area contributed by atoms with Gasteiger partial charge >= 0.3 is 0 Å². The van der Waals surface area contributed by atoms with Crippen molar-refractivity contribution in [1.82, 2.24) is 5.32 Å². The van der Waals surface area contributed by atoms with Crippen LogP contribution in [0.2, 0.25) is 0 Å². The molecule has 2 rings (SSSR count). The molecule has 2 nitrogen and oxygen atoms in total. The molecule has 0 radical (unpaired) electrons. The van der Waals surface area contributed by atoms with Crippen LogP contribution in [0.4, 0.5) is 0 Å². The first-order valence-electron chi connectivity index (χ1n) is 7.49. The standard InChI is InChI=1S/C17H27NO/c1-14(2)8-10-19-11-9-17(12-18-13-17)16-7-5-4-6-15(16)3/h4-7,14,18H,8-13H2,1-3H3. The Kier molecular flexibility index (Phi) is 5.00. The molecule has 1 aromatic carbocycles. The second-order valence-corrected chi connectivity index (χ2v) is 6.24. The van der Waals surface area contributed by atoms with Gasteiger partial charge < -0.3 is 10.1 Å². The number of hydrogen-bond donors (Lipinski definition) is 1. The van der Waals surface area contributed by atoms with E-state index >= 15 is 0 Å². The van der Waals surface area contributed by atoms with E-state index in [1.165, 1.54) is 11.1 Å². The summed E-state index contributed by atoms with van der Waals surface area (Å²) in [4.78, 5) is 0. The third kappa shape index (κ3) is 3.58. The Balaban J connectivity index is 1.87.